The summed E-state index contributed by atoms with van der Waals surface area (Å²) in [5.74, 6) is -1.11. The van der Waals surface area contributed by atoms with Crippen molar-refractivity contribution >= 4 is 41.1 Å². The lowest BCUT2D eigenvalue weighted by Gasteiger charge is -2.04. The molecule has 1 aromatic carbocycles. The zero-order valence-electron chi connectivity index (χ0n) is 8.96. The molecule has 0 saturated heterocycles. The van der Waals surface area contributed by atoms with Gasteiger partial charge in [-0.3, -0.25) is 9.59 Å². The quantitative estimate of drug-likeness (QED) is 0.826. The van der Waals surface area contributed by atoms with Crippen LogP contribution in [0.4, 0.5) is 0 Å². The van der Waals surface area contributed by atoms with Gasteiger partial charge in [-0.1, -0.05) is 29.3 Å². The van der Waals surface area contributed by atoms with Crippen molar-refractivity contribution in [2.75, 3.05) is 0 Å². The maximum absolute atomic E-state index is 11.1. The lowest BCUT2D eigenvalue weighted by atomic mass is 10.2. The van der Waals surface area contributed by atoms with Crippen LogP contribution < -0.4 is 11.1 Å². The summed E-state index contributed by atoms with van der Waals surface area (Å²) in [6.07, 6.45) is 1.42. The molecule has 0 spiro atoms. The number of nitrogens with one attached hydrogen (secondary N) is 1. The Bertz CT molecular complexity index is 498. The van der Waals surface area contributed by atoms with Crippen molar-refractivity contribution in [1.29, 1.82) is 0 Å². The number of rotatable bonds is 3. The minimum Gasteiger partial charge on any atom is -0.364 e. The van der Waals surface area contributed by atoms with E-state index in [9.17, 15) is 9.59 Å². The molecule has 2 amide bonds. The van der Waals surface area contributed by atoms with Gasteiger partial charge in [0.05, 0.1) is 10.0 Å². The number of carbonyl (C=O) groups excluding carboxylic acids is 2. The van der Waals surface area contributed by atoms with Gasteiger partial charge in [-0.25, -0.2) is 0 Å². The smallest absolute Gasteiger partial charge is 0.265 e. The third-order valence-corrected chi connectivity index (χ3v) is 2.57. The highest BCUT2D eigenvalue weighted by molar-refractivity contribution is 6.42. The van der Waals surface area contributed by atoms with Crippen LogP contribution in [0.25, 0.3) is 6.08 Å². The van der Waals surface area contributed by atoms with E-state index in [1.54, 1.807) is 18.2 Å². The fourth-order valence-electron chi connectivity index (χ4n) is 1.13. The molecule has 4 nitrogen and oxygen atoms in total. The number of benzene rings is 1. The number of hydrogen-bond acceptors (Lipinski definition) is 2. The van der Waals surface area contributed by atoms with Crippen molar-refractivity contribution in [3.63, 3.8) is 0 Å². The van der Waals surface area contributed by atoms with Gasteiger partial charge in [0.1, 0.15) is 5.70 Å². The van der Waals surface area contributed by atoms with Crippen LogP contribution in [-0.4, -0.2) is 11.8 Å². The minimum atomic E-state index is -0.730. The Kier molecular flexibility index (Phi) is 4.54. The predicted octanol–water partition coefficient (Wildman–Crippen LogP) is 1.96. The molecule has 0 aromatic heterocycles. The Hall–Kier alpha value is -1.52. The van der Waals surface area contributed by atoms with Gasteiger partial charge < -0.3 is 11.1 Å². The number of primary amides is 1. The van der Waals surface area contributed by atoms with Gasteiger partial charge in [-0.05, 0) is 23.8 Å². The first-order chi connectivity index (χ1) is 7.90. The Morgan fingerprint density at radius 2 is 1.94 bits per heavy atom. The van der Waals surface area contributed by atoms with Gasteiger partial charge in [-0.15, -0.1) is 0 Å². The van der Waals surface area contributed by atoms with Crippen LogP contribution in [-0.2, 0) is 9.59 Å². The molecular formula is C11H10Cl2N2O2. The molecule has 0 aliphatic carbocycles. The number of carbonyl (C=O) groups is 2. The first kappa shape index (κ1) is 13.5. The Morgan fingerprint density at radius 1 is 1.29 bits per heavy atom. The molecule has 0 unspecified atom stereocenters. The molecule has 1 rings (SSSR count). The average Bonchev–Trinajstić information content (AvgIpc) is 2.21. The maximum Gasteiger partial charge on any atom is 0.265 e. The molecular weight excluding hydrogens is 263 g/mol. The van der Waals surface area contributed by atoms with Crippen LogP contribution in [0.2, 0.25) is 10.0 Å². The SMILES string of the molecule is CC(=O)N/C(=C\c1ccc(Cl)c(Cl)c1)C(N)=O. The second-order valence-electron chi connectivity index (χ2n) is 3.28. The van der Waals surface area contributed by atoms with E-state index in [4.69, 9.17) is 28.9 Å². The zero-order chi connectivity index (χ0) is 13.0. The predicted molar refractivity (Wildman–Crippen MR) is 67.5 cm³/mol. The second-order valence-corrected chi connectivity index (χ2v) is 4.09. The van der Waals surface area contributed by atoms with Crippen molar-refractivity contribution in [3.8, 4) is 0 Å². The van der Waals surface area contributed by atoms with Gasteiger partial charge in [0.25, 0.3) is 5.91 Å². The van der Waals surface area contributed by atoms with Crippen LogP contribution >= 0.6 is 23.2 Å². The van der Waals surface area contributed by atoms with E-state index >= 15 is 0 Å². The lowest BCUT2D eigenvalue weighted by Crippen LogP contribution is -2.29. The first-order valence-corrected chi connectivity index (χ1v) is 5.40. The minimum absolute atomic E-state index is 0.00381. The summed E-state index contributed by atoms with van der Waals surface area (Å²) in [4.78, 5) is 21.9. The molecule has 0 saturated carbocycles. The topological polar surface area (TPSA) is 72.2 Å². The van der Waals surface area contributed by atoms with Crippen molar-refractivity contribution in [3.05, 3.63) is 39.5 Å². The number of hydrogen-bond donors (Lipinski definition) is 2. The Labute approximate surface area is 108 Å². The van der Waals surface area contributed by atoms with Gasteiger partial charge >= 0.3 is 0 Å². The van der Waals surface area contributed by atoms with Crippen molar-refractivity contribution in [2.24, 2.45) is 5.73 Å². The highest BCUT2D eigenvalue weighted by atomic mass is 35.5. The second kappa shape index (κ2) is 5.70. The van der Waals surface area contributed by atoms with E-state index < -0.39 is 5.91 Å². The largest absolute Gasteiger partial charge is 0.364 e. The van der Waals surface area contributed by atoms with E-state index in [0.29, 0.717) is 15.6 Å². The molecule has 0 radical (unpaired) electrons. The third kappa shape index (κ3) is 4.09. The van der Waals surface area contributed by atoms with Crippen LogP contribution in [0.5, 0.6) is 0 Å². The monoisotopic (exact) mass is 272 g/mol. The average molecular weight is 273 g/mol. The zero-order valence-corrected chi connectivity index (χ0v) is 10.5. The normalized spacial score (nSPS) is 11.1. The summed E-state index contributed by atoms with van der Waals surface area (Å²) in [6, 6.07) is 4.80. The van der Waals surface area contributed by atoms with E-state index in [1.807, 2.05) is 0 Å². The van der Waals surface area contributed by atoms with E-state index in [2.05, 4.69) is 5.32 Å². The van der Waals surface area contributed by atoms with Gasteiger partial charge in [-0.2, -0.15) is 0 Å². The summed E-state index contributed by atoms with van der Waals surface area (Å²) in [5.41, 5.74) is 5.73. The maximum atomic E-state index is 11.1. The molecule has 3 N–H and O–H groups in total. The van der Waals surface area contributed by atoms with E-state index in [0.717, 1.165) is 0 Å². The van der Waals surface area contributed by atoms with Crippen LogP contribution in [0.15, 0.2) is 23.9 Å². The molecule has 0 heterocycles. The number of halogens is 2. The summed E-state index contributed by atoms with van der Waals surface area (Å²) in [7, 11) is 0. The summed E-state index contributed by atoms with van der Waals surface area (Å²) >= 11 is 11.6. The standard InChI is InChI=1S/C11H10Cl2N2O2/c1-6(16)15-10(11(14)17)5-7-2-3-8(12)9(13)4-7/h2-5H,1H3,(H2,14,17)(H,15,16)/b10-5-. The molecule has 0 bridgehead atoms. The van der Waals surface area contributed by atoms with Gasteiger partial charge in [0.15, 0.2) is 0 Å². The summed E-state index contributed by atoms with van der Waals surface area (Å²) in [6.45, 7) is 1.28. The summed E-state index contributed by atoms with van der Waals surface area (Å²) < 4.78 is 0. The molecule has 0 atom stereocenters. The van der Waals surface area contributed by atoms with Gasteiger partial charge in [0, 0.05) is 6.92 Å². The van der Waals surface area contributed by atoms with Crippen molar-refractivity contribution in [1.82, 2.24) is 5.32 Å². The molecule has 17 heavy (non-hydrogen) atoms. The molecule has 0 aliphatic heterocycles. The van der Waals surface area contributed by atoms with E-state index in [1.165, 1.54) is 13.0 Å². The van der Waals surface area contributed by atoms with Crippen LogP contribution in [0, 0.1) is 0 Å². The lowest BCUT2D eigenvalue weighted by molar-refractivity contribution is -0.121. The molecule has 0 fully saturated rings. The van der Waals surface area contributed by atoms with Crippen molar-refractivity contribution in [2.45, 2.75) is 6.92 Å². The highest BCUT2D eigenvalue weighted by Gasteiger charge is 2.07. The van der Waals surface area contributed by atoms with Gasteiger partial charge in [0.2, 0.25) is 5.91 Å². The molecule has 0 aliphatic rings. The van der Waals surface area contributed by atoms with E-state index in [-0.39, 0.29) is 11.6 Å². The Balaban J connectivity index is 3.08. The van der Waals surface area contributed by atoms with Crippen LogP contribution in [0.1, 0.15) is 12.5 Å². The Morgan fingerprint density at radius 3 is 2.41 bits per heavy atom. The highest BCUT2D eigenvalue weighted by Crippen LogP contribution is 2.23. The first-order valence-electron chi connectivity index (χ1n) is 4.64. The van der Waals surface area contributed by atoms with Crippen LogP contribution in [0.3, 0.4) is 0 Å². The van der Waals surface area contributed by atoms with Crippen molar-refractivity contribution < 1.29 is 9.59 Å². The third-order valence-electron chi connectivity index (χ3n) is 1.83. The molecule has 1 aromatic rings. The fourth-order valence-corrected chi connectivity index (χ4v) is 1.43. The fraction of sp³-hybridized carbons (Fsp3) is 0.0909. The molecule has 6 heteroatoms. The number of amides is 2. The summed E-state index contributed by atoms with van der Waals surface area (Å²) in [5, 5.41) is 3.09. The molecule has 90 valence electrons. The number of nitrogens with two attached hydrogens (primary N) is 1.